The van der Waals surface area contributed by atoms with Crippen molar-refractivity contribution in [2.45, 2.75) is 0 Å². The molecule has 0 saturated heterocycles. The first-order valence-electron chi connectivity index (χ1n) is 6.30. The van der Waals surface area contributed by atoms with Crippen LogP contribution in [-0.2, 0) is 0 Å². The van der Waals surface area contributed by atoms with Gasteiger partial charge in [-0.1, -0.05) is 42.5 Å². The van der Waals surface area contributed by atoms with Gasteiger partial charge in [0.25, 0.3) is 0 Å². The minimum atomic E-state index is -1.22. The Morgan fingerprint density at radius 2 is 1.71 bits per heavy atom. The topological polar surface area (TPSA) is 53.4 Å². The monoisotopic (exact) mass is 298 g/mol. The average Bonchev–Trinajstić information content (AvgIpc) is 2.53. The number of amides is 1. The molecule has 0 fully saturated rings. The van der Waals surface area contributed by atoms with E-state index in [1.807, 2.05) is 42.5 Å². The van der Waals surface area contributed by atoms with Crippen molar-refractivity contribution in [1.29, 1.82) is 0 Å². The summed E-state index contributed by atoms with van der Waals surface area (Å²) in [6, 6.07) is 16.7. The van der Waals surface area contributed by atoms with Gasteiger partial charge in [0.15, 0.2) is 0 Å². The van der Waals surface area contributed by atoms with E-state index in [4.69, 9.17) is 16.9 Å². The van der Waals surface area contributed by atoms with Crippen LogP contribution in [0.5, 0.6) is 0 Å². The van der Waals surface area contributed by atoms with Crippen LogP contribution in [0.2, 0.25) is 0 Å². The molecular formula is C16H11ClN2O2. The maximum Gasteiger partial charge on any atom is 0.426 e. The Morgan fingerprint density at radius 3 is 2.52 bits per heavy atom. The number of rotatable bonds is 2. The van der Waals surface area contributed by atoms with E-state index < -0.39 is 6.09 Å². The van der Waals surface area contributed by atoms with E-state index in [1.165, 1.54) is 0 Å². The van der Waals surface area contributed by atoms with Crippen molar-refractivity contribution < 1.29 is 9.90 Å². The van der Waals surface area contributed by atoms with Crippen LogP contribution < -0.4 is 4.42 Å². The molecule has 1 N–H and O–H groups in total. The highest BCUT2D eigenvalue weighted by atomic mass is 35.5. The van der Waals surface area contributed by atoms with Crippen LogP contribution in [0.15, 0.2) is 60.8 Å². The SMILES string of the molecule is O=C(O)N(Cl)c1ccccc1-c1cccc2cccnc12. The van der Waals surface area contributed by atoms with E-state index in [2.05, 4.69) is 4.98 Å². The summed E-state index contributed by atoms with van der Waals surface area (Å²) in [6.07, 6.45) is 0.488. The molecule has 0 radical (unpaired) electrons. The molecule has 0 spiro atoms. The van der Waals surface area contributed by atoms with E-state index >= 15 is 0 Å². The minimum Gasteiger partial charge on any atom is -0.464 e. The highest BCUT2D eigenvalue weighted by molar-refractivity contribution is 6.36. The van der Waals surface area contributed by atoms with Crippen LogP contribution in [-0.4, -0.2) is 16.2 Å². The van der Waals surface area contributed by atoms with Crippen molar-refractivity contribution in [2.24, 2.45) is 0 Å². The first-order valence-corrected chi connectivity index (χ1v) is 6.64. The van der Waals surface area contributed by atoms with Gasteiger partial charge in [-0.3, -0.25) is 4.98 Å². The molecule has 21 heavy (non-hydrogen) atoms. The van der Waals surface area contributed by atoms with E-state index in [0.717, 1.165) is 22.0 Å². The molecule has 3 rings (SSSR count). The fourth-order valence-corrected chi connectivity index (χ4v) is 2.44. The van der Waals surface area contributed by atoms with E-state index in [0.29, 0.717) is 10.1 Å². The number of hydrogen-bond acceptors (Lipinski definition) is 2. The fourth-order valence-electron chi connectivity index (χ4n) is 2.30. The second-order valence-corrected chi connectivity index (χ2v) is 4.80. The number of benzene rings is 2. The van der Waals surface area contributed by atoms with Crippen LogP contribution in [0, 0.1) is 0 Å². The molecule has 1 aromatic heterocycles. The van der Waals surface area contributed by atoms with Crippen molar-refractivity contribution in [3.63, 3.8) is 0 Å². The lowest BCUT2D eigenvalue weighted by atomic mass is 10.0. The second kappa shape index (κ2) is 5.42. The normalized spacial score (nSPS) is 10.5. The Morgan fingerprint density at radius 1 is 1.00 bits per heavy atom. The van der Waals surface area contributed by atoms with Gasteiger partial charge >= 0.3 is 6.09 Å². The number of aromatic nitrogens is 1. The molecule has 0 unspecified atom stereocenters. The lowest BCUT2D eigenvalue weighted by molar-refractivity contribution is 0.206. The molecule has 2 aromatic carbocycles. The molecule has 104 valence electrons. The Kier molecular flexibility index (Phi) is 3.46. The van der Waals surface area contributed by atoms with Gasteiger partial charge in [0, 0.05) is 34.5 Å². The van der Waals surface area contributed by atoms with E-state index in [1.54, 1.807) is 18.3 Å². The highest BCUT2D eigenvalue weighted by Crippen LogP contribution is 2.35. The van der Waals surface area contributed by atoms with Crippen molar-refractivity contribution in [1.82, 2.24) is 4.98 Å². The van der Waals surface area contributed by atoms with Gasteiger partial charge in [-0.2, -0.15) is 4.42 Å². The molecule has 0 aliphatic carbocycles. The van der Waals surface area contributed by atoms with Crippen molar-refractivity contribution in [3.8, 4) is 11.1 Å². The highest BCUT2D eigenvalue weighted by Gasteiger charge is 2.17. The summed E-state index contributed by atoms with van der Waals surface area (Å²) in [7, 11) is 0. The van der Waals surface area contributed by atoms with Crippen LogP contribution >= 0.6 is 11.8 Å². The average molecular weight is 299 g/mol. The Labute approximate surface area is 126 Å². The van der Waals surface area contributed by atoms with Crippen molar-refractivity contribution >= 4 is 34.5 Å². The van der Waals surface area contributed by atoms with Crippen LogP contribution in [0.1, 0.15) is 0 Å². The molecule has 0 bridgehead atoms. The minimum absolute atomic E-state index is 0.407. The molecule has 3 aromatic rings. The summed E-state index contributed by atoms with van der Waals surface area (Å²) in [5.74, 6) is 0. The molecular weight excluding hydrogens is 288 g/mol. The molecule has 4 nitrogen and oxygen atoms in total. The summed E-state index contributed by atoms with van der Waals surface area (Å²) >= 11 is 5.86. The fraction of sp³-hybridized carbons (Fsp3) is 0. The summed E-state index contributed by atoms with van der Waals surface area (Å²) in [6.45, 7) is 0. The van der Waals surface area contributed by atoms with Gasteiger partial charge in [-0.25, -0.2) is 4.79 Å². The van der Waals surface area contributed by atoms with E-state index in [9.17, 15) is 4.79 Å². The third-order valence-electron chi connectivity index (χ3n) is 3.21. The molecule has 0 saturated carbocycles. The van der Waals surface area contributed by atoms with Gasteiger partial charge in [-0.05, 0) is 12.1 Å². The summed E-state index contributed by atoms with van der Waals surface area (Å²) < 4.78 is 0.692. The van der Waals surface area contributed by atoms with Crippen molar-refractivity contribution in [3.05, 3.63) is 60.8 Å². The Bertz CT molecular complexity index is 815. The smallest absolute Gasteiger partial charge is 0.426 e. The van der Waals surface area contributed by atoms with Crippen LogP contribution in [0.3, 0.4) is 0 Å². The molecule has 5 heteroatoms. The third-order valence-corrected chi connectivity index (χ3v) is 3.53. The maximum absolute atomic E-state index is 11.1. The molecule has 1 amide bonds. The van der Waals surface area contributed by atoms with Gasteiger partial charge in [-0.15, -0.1) is 0 Å². The number of anilines is 1. The zero-order valence-corrected chi connectivity index (χ0v) is 11.7. The number of hydrogen-bond donors (Lipinski definition) is 1. The number of nitrogens with zero attached hydrogens (tertiary/aromatic N) is 2. The second-order valence-electron chi connectivity index (χ2n) is 4.46. The van der Waals surface area contributed by atoms with Crippen molar-refractivity contribution in [2.75, 3.05) is 4.42 Å². The van der Waals surface area contributed by atoms with Crippen LogP contribution in [0.25, 0.3) is 22.0 Å². The first kappa shape index (κ1) is 13.4. The molecule has 0 aliphatic rings. The number of carboxylic acid groups (broad SMARTS) is 1. The number of pyridine rings is 1. The number of halogens is 1. The maximum atomic E-state index is 11.1. The zero-order chi connectivity index (χ0) is 14.8. The Balaban J connectivity index is 2.27. The van der Waals surface area contributed by atoms with Gasteiger partial charge in [0.05, 0.1) is 11.2 Å². The molecule has 1 heterocycles. The third kappa shape index (κ3) is 2.41. The first-order chi connectivity index (χ1) is 10.2. The van der Waals surface area contributed by atoms with Gasteiger partial charge in [0.1, 0.15) is 0 Å². The number of carbonyl (C=O) groups is 1. The van der Waals surface area contributed by atoms with Crippen LogP contribution in [0.4, 0.5) is 10.5 Å². The zero-order valence-electron chi connectivity index (χ0n) is 10.9. The van der Waals surface area contributed by atoms with Gasteiger partial charge in [0.2, 0.25) is 0 Å². The summed E-state index contributed by atoms with van der Waals surface area (Å²) in [5, 5.41) is 10.1. The largest absolute Gasteiger partial charge is 0.464 e. The number of fused-ring (bicyclic) bond motifs is 1. The predicted octanol–water partition coefficient (Wildman–Crippen LogP) is 4.54. The number of para-hydroxylation sites is 2. The lowest BCUT2D eigenvalue weighted by Crippen LogP contribution is -2.18. The quantitative estimate of drug-likeness (QED) is 0.707. The Hall–Kier alpha value is -2.59. The van der Waals surface area contributed by atoms with E-state index in [-0.39, 0.29) is 0 Å². The standard InChI is InChI=1S/C16H11ClN2O2/c17-19(16(20)21)14-9-2-1-7-12(14)13-8-3-5-11-6-4-10-18-15(11)13/h1-10H,(H,20,21). The summed E-state index contributed by atoms with van der Waals surface area (Å²) in [4.78, 5) is 15.5. The summed E-state index contributed by atoms with van der Waals surface area (Å²) in [5.41, 5.74) is 2.78. The lowest BCUT2D eigenvalue weighted by Gasteiger charge is -2.15. The van der Waals surface area contributed by atoms with Gasteiger partial charge < -0.3 is 5.11 Å². The predicted molar refractivity (Wildman–Crippen MR) is 83.5 cm³/mol. The molecule has 0 atom stereocenters. The molecule has 0 aliphatic heterocycles.